The molecule has 0 amide bonds. The Balaban J connectivity index is 1.56. The Morgan fingerprint density at radius 2 is 1.83 bits per heavy atom. The van der Waals surface area contributed by atoms with Crippen LogP contribution in [-0.4, -0.2) is 15.0 Å². The van der Waals surface area contributed by atoms with E-state index in [0.29, 0.717) is 5.82 Å². The minimum absolute atomic E-state index is 0.165. The van der Waals surface area contributed by atoms with Gasteiger partial charge in [-0.2, -0.15) is 29.5 Å². The summed E-state index contributed by atoms with van der Waals surface area (Å²) < 4.78 is 38.8. The second-order valence-electron chi connectivity index (χ2n) is 6.16. The topological polar surface area (TPSA) is 62.7 Å². The lowest BCUT2D eigenvalue weighted by Crippen LogP contribution is -2.06. The minimum atomic E-state index is -4.45. The van der Waals surface area contributed by atoms with E-state index in [9.17, 15) is 13.2 Å². The van der Waals surface area contributed by atoms with Gasteiger partial charge in [-0.25, -0.2) is 9.97 Å². The summed E-state index contributed by atoms with van der Waals surface area (Å²) in [5, 5.41) is 9.96. The Labute approximate surface area is 178 Å². The van der Waals surface area contributed by atoms with Crippen LogP contribution in [0.2, 0.25) is 5.02 Å². The first-order valence-electron chi connectivity index (χ1n) is 8.61. The number of hydrogen-bond acceptors (Lipinski definition) is 6. The van der Waals surface area contributed by atoms with Crippen LogP contribution in [-0.2, 0) is 6.18 Å². The number of benzene rings is 1. The largest absolute Gasteiger partial charge is 0.416 e. The van der Waals surface area contributed by atoms with Gasteiger partial charge >= 0.3 is 6.18 Å². The van der Waals surface area contributed by atoms with Crippen LogP contribution in [0.5, 0.6) is 0 Å². The zero-order valence-corrected chi connectivity index (χ0v) is 16.7. The summed E-state index contributed by atoms with van der Waals surface area (Å²) in [6, 6.07) is 10.5. The van der Waals surface area contributed by atoms with Crippen molar-refractivity contribution in [3.8, 4) is 11.1 Å². The van der Waals surface area contributed by atoms with Crippen molar-refractivity contribution in [3.63, 3.8) is 0 Å². The predicted octanol–water partition coefficient (Wildman–Crippen LogP) is 6.76. The molecule has 4 aromatic rings. The number of nitrogens with one attached hydrogen (secondary N) is 2. The Morgan fingerprint density at radius 1 is 0.967 bits per heavy atom. The van der Waals surface area contributed by atoms with Crippen LogP contribution in [0.4, 0.5) is 36.4 Å². The smallest absolute Gasteiger partial charge is 0.339 e. The number of aromatic nitrogens is 3. The third kappa shape index (κ3) is 4.69. The highest BCUT2D eigenvalue weighted by atomic mass is 35.5. The molecule has 152 valence electrons. The molecule has 0 aliphatic rings. The lowest BCUT2D eigenvalue weighted by molar-refractivity contribution is -0.137. The van der Waals surface area contributed by atoms with Crippen molar-refractivity contribution < 1.29 is 13.2 Å². The lowest BCUT2D eigenvalue weighted by Gasteiger charge is -2.12. The summed E-state index contributed by atoms with van der Waals surface area (Å²) in [5.41, 5.74) is 1.47. The second-order valence-corrected chi connectivity index (χ2v) is 7.35. The van der Waals surface area contributed by atoms with Crippen LogP contribution in [0.25, 0.3) is 11.1 Å². The van der Waals surface area contributed by atoms with Crippen molar-refractivity contribution in [3.05, 3.63) is 76.2 Å². The van der Waals surface area contributed by atoms with Crippen molar-refractivity contribution >= 4 is 46.2 Å². The first kappa shape index (κ1) is 20.1. The van der Waals surface area contributed by atoms with Gasteiger partial charge < -0.3 is 10.6 Å². The summed E-state index contributed by atoms with van der Waals surface area (Å²) in [6.07, 6.45) is -1.43. The molecular formula is C20H13ClF3N5S. The summed E-state index contributed by atoms with van der Waals surface area (Å²) in [7, 11) is 0. The number of pyridine rings is 1. The van der Waals surface area contributed by atoms with E-state index >= 15 is 0 Å². The van der Waals surface area contributed by atoms with Crippen LogP contribution in [0.3, 0.4) is 0 Å². The highest BCUT2D eigenvalue weighted by Crippen LogP contribution is 2.32. The van der Waals surface area contributed by atoms with Gasteiger partial charge in [-0.1, -0.05) is 17.7 Å². The fourth-order valence-electron chi connectivity index (χ4n) is 2.65. The molecule has 0 radical (unpaired) electrons. The molecule has 0 atom stereocenters. The molecule has 4 rings (SSSR count). The number of nitrogens with zero attached hydrogens (tertiary/aromatic N) is 3. The maximum absolute atomic E-state index is 12.9. The van der Waals surface area contributed by atoms with Crippen molar-refractivity contribution in [2.75, 3.05) is 10.6 Å². The van der Waals surface area contributed by atoms with Crippen molar-refractivity contribution in [1.29, 1.82) is 0 Å². The molecule has 1 aromatic carbocycles. The van der Waals surface area contributed by atoms with Crippen LogP contribution in [0, 0.1) is 0 Å². The molecular weight excluding hydrogens is 435 g/mol. The Morgan fingerprint density at radius 3 is 2.60 bits per heavy atom. The Kier molecular flexibility index (Phi) is 5.56. The number of thiophene rings is 1. The van der Waals surface area contributed by atoms with Gasteiger partial charge in [0.2, 0.25) is 5.95 Å². The van der Waals surface area contributed by atoms with E-state index in [0.717, 1.165) is 23.3 Å². The van der Waals surface area contributed by atoms with Crippen LogP contribution >= 0.6 is 22.9 Å². The van der Waals surface area contributed by atoms with Gasteiger partial charge in [0.25, 0.3) is 0 Å². The molecule has 3 heterocycles. The summed E-state index contributed by atoms with van der Waals surface area (Å²) in [5.74, 6) is 0.886. The Hall–Kier alpha value is -3.17. The van der Waals surface area contributed by atoms with Crippen LogP contribution in [0.1, 0.15) is 5.56 Å². The molecule has 5 nitrogen and oxygen atoms in total. The molecule has 0 fully saturated rings. The van der Waals surface area contributed by atoms with Gasteiger partial charge in [-0.15, -0.1) is 0 Å². The maximum atomic E-state index is 12.9. The first-order valence-corrected chi connectivity index (χ1v) is 9.93. The SMILES string of the molecule is FC(F)(F)c1cccc(Nc2nc(Nc3cc(-c4ccsc4)ccn3)ncc2Cl)c1. The highest BCUT2D eigenvalue weighted by molar-refractivity contribution is 7.08. The molecule has 2 N–H and O–H groups in total. The molecule has 0 saturated carbocycles. The van der Waals surface area contributed by atoms with E-state index in [1.54, 1.807) is 17.5 Å². The number of rotatable bonds is 5. The first-order chi connectivity index (χ1) is 14.4. The highest BCUT2D eigenvalue weighted by Gasteiger charge is 2.30. The molecule has 10 heteroatoms. The van der Waals surface area contributed by atoms with E-state index in [1.165, 1.54) is 18.3 Å². The maximum Gasteiger partial charge on any atom is 0.416 e. The molecule has 3 aromatic heterocycles. The van der Waals surface area contributed by atoms with Gasteiger partial charge in [0.05, 0.1) is 11.8 Å². The Bertz CT molecular complexity index is 1170. The molecule has 0 unspecified atom stereocenters. The predicted molar refractivity (Wildman–Crippen MR) is 113 cm³/mol. The molecule has 30 heavy (non-hydrogen) atoms. The van der Waals surface area contributed by atoms with Gasteiger partial charge in [-0.3, -0.25) is 0 Å². The normalized spacial score (nSPS) is 11.3. The van der Waals surface area contributed by atoms with E-state index in [-0.39, 0.29) is 22.5 Å². The fraction of sp³-hybridized carbons (Fsp3) is 0.0500. The monoisotopic (exact) mass is 447 g/mol. The summed E-state index contributed by atoms with van der Waals surface area (Å²) in [4.78, 5) is 12.6. The number of halogens is 4. The number of anilines is 4. The van der Waals surface area contributed by atoms with E-state index in [4.69, 9.17) is 11.6 Å². The average Bonchev–Trinajstić information content (AvgIpc) is 3.25. The third-order valence-corrected chi connectivity index (χ3v) is 5.01. The minimum Gasteiger partial charge on any atom is -0.339 e. The van der Waals surface area contributed by atoms with Crippen molar-refractivity contribution in [2.45, 2.75) is 6.18 Å². The molecule has 0 aliphatic heterocycles. The van der Waals surface area contributed by atoms with E-state index < -0.39 is 11.7 Å². The summed E-state index contributed by atoms with van der Waals surface area (Å²) >= 11 is 7.71. The van der Waals surface area contributed by atoms with Crippen molar-refractivity contribution in [2.24, 2.45) is 0 Å². The van der Waals surface area contributed by atoms with Crippen molar-refractivity contribution in [1.82, 2.24) is 15.0 Å². The van der Waals surface area contributed by atoms with Crippen LogP contribution < -0.4 is 10.6 Å². The van der Waals surface area contributed by atoms with Crippen LogP contribution in [0.15, 0.2) is 65.6 Å². The molecule has 0 aliphatic carbocycles. The van der Waals surface area contributed by atoms with Gasteiger partial charge in [0.1, 0.15) is 10.8 Å². The number of hydrogen-bond donors (Lipinski definition) is 2. The molecule has 0 spiro atoms. The van der Waals surface area contributed by atoms with Gasteiger partial charge in [0.15, 0.2) is 5.82 Å². The summed E-state index contributed by atoms with van der Waals surface area (Å²) in [6.45, 7) is 0. The average molecular weight is 448 g/mol. The lowest BCUT2D eigenvalue weighted by atomic mass is 10.1. The quantitative estimate of drug-likeness (QED) is 0.354. The zero-order valence-electron chi connectivity index (χ0n) is 15.1. The fourth-order valence-corrected chi connectivity index (χ4v) is 3.45. The third-order valence-electron chi connectivity index (χ3n) is 4.05. The molecule has 0 bridgehead atoms. The van der Waals surface area contributed by atoms with Gasteiger partial charge in [-0.05, 0) is 58.3 Å². The zero-order chi connectivity index (χ0) is 21.1. The van der Waals surface area contributed by atoms with E-state index in [1.807, 2.05) is 29.0 Å². The standard InChI is InChI=1S/C20H13ClF3N5S/c21-16-10-26-19(28-17-8-12(4-6-25-17)13-5-7-30-11-13)29-18(16)27-15-3-1-2-14(9-15)20(22,23)24/h1-11H,(H2,25,26,27,28,29). The number of alkyl halides is 3. The molecule has 0 saturated heterocycles. The van der Waals surface area contributed by atoms with E-state index in [2.05, 4.69) is 25.6 Å². The van der Waals surface area contributed by atoms with Gasteiger partial charge in [0, 0.05) is 11.9 Å². The second kappa shape index (κ2) is 8.29.